The average molecular weight is 606 g/mol. The van der Waals surface area contributed by atoms with Gasteiger partial charge in [0, 0.05) is 45.4 Å². The van der Waals surface area contributed by atoms with Gasteiger partial charge in [-0.2, -0.15) is 0 Å². The van der Waals surface area contributed by atoms with E-state index in [9.17, 15) is 24.5 Å². The number of nitrogens with two attached hydrogens (primary N) is 1. The smallest absolute Gasteiger partial charge is 0.338 e. The number of ether oxygens (including phenoxy) is 2. The number of thiophene rings is 1. The van der Waals surface area contributed by atoms with Crippen LogP contribution in [0.25, 0.3) is 0 Å². The van der Waals surface area contributed by atoms with E-state index in [1.807, 2.05) is 11.4 Å². The number of benzene rings is 2. The Labute approximate surface area is 250 Å². The molecular formula is C31H28FN3O7S. The highest BCUT2D eigenvalue weighted by atomic mass is 32.1. The molecule has 0 unspecified atom stereocenters. The van der Waals surface area contributed by atoms with Crippen LogP contribution in [0.2, 0.25) is 0 Å². The first-order valence-electron chi connectivity index (χ1n) is 13.6. The first-order chi connectivity index (χ1) is 20.7. The van der Waals surface area contributed by atoms with Gasteiger partial charge in [-0.3, -0.25) is 24.6 Å². The summed E-state index contributed by atoms with van der Waals surface area (Å²) in [6.45, 7) is 3.25. The first kappa shape index (κ1) is 29.6. The largest absolute Gasteiger partial charge is 0.465 e. The maximum Gasteiger partial charge on any atom is 0.338 e. The van der Waals surface area contributed by atoms with Crippen molar-refractivity contribution in [1.82, 2.24) is 0 Å². The zero-order chi connectivity index (χ0) is 30.8. The number of anilines is 1. The zero-order valence-corrected chi connectivity index (χ0v) is 24.1. The lowest BCUT2D eigenvalue weighted by molar-refractivity contribution is -0.384. The monoisotopic (exact) mass is 605 g/mol. The van der Waals surface area contributed by atoms with Crippen LogP contribution in [0.15, 0.2) is 88.7 Å². The molecule has 10 nitrogen and oxygen atoms in total. The standard InChI is InChI=1S/C31H28FN3O7S/c1-3-41-30(37)25-20(23-10-7-15-43-23)16-22-26(28(25)36)24(19-8-5-6-9-21(19)32)27(31(38)42-4-2)29(33)34(22)17-11-13-18(14-12-17)35(39)40/h5-15,20,24-25H,3-4,16,33H2,1-2H3/t20-,24-,25+/m0/s1. The molecule has 0 spiro atoms. The molecule has 1 aliphatic heterocycles. The molecule has 3 atom stereocenters. The predicted octanol–water partition coefficient (Wildman–Crippen LogP) is 5.32. The van der Waals surface area contributed by atoms with Crippen LogP contribution < -0.4 is 10.6 Å². The maximum atomic E-state index is 15.5. The number of nitro benzene ring substituents is 1. The molecule has 0 amide bonds. The number of hydrogen-bond acceptors (Lipinski definition) is 10. The molecule has 43 heavy (non-hydrogen) atoms. The van der Waals surface area contributed by atoms with Crippen molar-refractivity contribution in [3.8, 4) is 0 Å². The van der Waals surface area contributed by atoms with E-state index < -0.39 is 46.2 Å². The van der Waals surface area contributed by atoms with Crippen LogP contribution in [0.1, 0.15) is 42.5 Å². The van der Waals surface area contributed by atoms with Crippen LogP contribution in [0.3, 0.4) is 0 Å². The van der Waals surface area contributed by atoms with Gasteiger partial charge in [-0.05, 0) is 49.9 Å². The Hall–Kier alpha value is -4.84. The van der Waals surface area contributed by atoms with Gasteiger partial charge in [-0.1, -0.05) is 24.3 Å². The number of esters is 2. The van der Waals surface area contributed by atoms with Crippen molar-refractivity contribution < 1.29 is 33.2 Å². The van der Waals surface area contributed by atoms with Crippen molar-refractivity contribution in [2.24, 2.45) is 11.7 Å². The molecular weight excluding hydrogens is 577 g/mol. The third-order valence-electron chi connectivity index (χ3n) is 7.52. The molecule has 2 aromatic carbocycles. The lowest BCUT2D eigenvalue weighted by Crippen LogP contribution is -2.46. The third-order valence-corrected chi connectivity index (χ3v) is 8.52. The van der Waals surface area contributed by atoms with E-state index >= 15 is 4.39 Å². The lowest BCUT2D eigenvalue weighted by atomic mass is 9.68. The molecule has 222 valence electrons. The molecule has 5 rings (SSSR count). The summed E-state index contributed by atoms with van der Waals surface area (Å²) in [6.07, 6.45) is 0.101. The number of halogens is 1. The molecule has 12 heteroatoms. The summed E-state index contributed by atoms with van der Waals surface area (Å²) < 4.78 is 26.2. The van der Waals surface area contributed by atoms with Gasteiger partial charge in [-0.25, -0.2) is 9.18 Å². The highest BCUT2D eigenvalue weighted by Crippen LogP contribution is 2.52. The molecule has 2 aliphatic rings. The number of ketones is 1. The summed E-state index contributed by atoms with van der Waals surface area (Å²) in [4.78, 5) is 54.6. The molecule has 1 aromatic heterocycles. The number of hydrogen-bond donors (Lipinski definition) is 1. The predicted molar refractivity (Wildman–Crippen MR) is 156 cm³/mol. The maximum absolute atomic E-state index is 15.5. The fraction of sp³-hybridized carbons (Fsp3) is 0.258. The molecule has 0 saturated heterocycles. The molecule has 1 aliphatic carbocycles. The molecule has 0 saturated carbocycles. The Morgan fingerprint density at radius 1 is 1.07 bits per heavy atom. The van der Waals surface area contributed by atoms with Crippen LogP contribution >= 0.6 is 11.3 Å². The summed E-state index contributed by atoms with van der Waals surface area (Å²) in [7, 11) is 0. The van der Waals surface area contributed by atoms with Crippen molar-refractivity contribution in [3.63, 3.8) is 0 Å². The number of Topliss-reactive ketones (excluding diaryl/α,β-unsaturated/α-hetero) is 1. The second-order valence-electron chi connectivity index (χ2n) is 9.86. The topological polar surface area (TPSA) is 142 Å². The number of carbonyl (C=O) groups is 3. The molecule has 2 heterocycles. The van der Waals surface area contributed by atoms with Crippen molar-refractivity contribution in [2.75, 3.05) is 18.1 Å². The summed E-state index contributed by atoms with van der Waals surface area (Å²) in [5.41, 5.74) is 7.06. The Balaban J connectivity index is 1.82. The average Bonchev–Trinajstić information content (AvgIpc) is 3.52. The number of non-ortho nitro benzene ring substituents is 1. The van der Waals surface area contributed by atoms with E-state index in [0.717, 1.165) is 4.88 Å². The minimum atomic E-state index is -1.29. The van der Waals surface area contributed by atoms with Gasteiger partial charge in [0.25, 0.3) is 5.69 Å². The Kier molecular flexibility index (Phi) is 8.40. The van der Waals surface area contributed by atoms with E-state index in [4.69, 9.17) is 15.2 Å². The normalized spacial score (nSPS) is 20.1. The van der Waals surface area contributed by atoms with Crippen LogP contribution in [0.5, 0.6) is 0 Å². The molecule has 0 fully saturated rings. The van der Waals surface area contributed by atoms with Crippen LogP contribution in [-0.2, 0) is 23.9 Å². The Bertz CT molecular complexity index is 1650. The van der Waals surface area contributed by atoms with Gasteiger partial charge in [-0.15, -0.1) is 11.3 Å². The van der Waals surface area contributed by atoms with E-state index in [0.29, 0.717) is 11.4 Å². The Morgan fingerprint density at radius 2 is 1.77 bits per heavy atom. The first-order valence-corrected chi connectivity index (χ1v) is 14.5. The SMILES string of the molecule is CCOC(=O)C1=C(N)N(c2ccc([N+](=O)[O-])cc2)C2=C(C(=O)[C@H](C(=O)OCC)[C@H](c3cccs3)C2)[C@@H]1c1ccccc1F. The highest BCUT2D eigenvalue weighted by molar-refractivity contribution is 7.10. The summed E-state index contributed by atoms with van der Waals surface area (Å²) in [6, 6.07) is 14.8. The van der Waals surface area contributed by atoms with Gasteiger partial charge in [0.2, 0.25) is 0 Å². The summed E-state index contributed by atoms with van der Waals surface area (Å²) >= 11 is 1.37. The van der Waals surface area contributed by atoms with Gasteiger partial charge in [0.15, 0.2) is 5.78 Å². The number of rotatable bonds is 8. The van der Waals surface area contributed by atoms with Gasteiger partial charge in [0.05, 0.1) is 29.6 Å². The van der Waals surface area contributed by atoms with Crippen LogP contribution in [-0.4, -0.2) is 35.9 Å². The fourth-order valence-corrected chi connectivity index (χ4v) is 6.61. The van der Waals surface area contributed by atoms with E-state index in [-0.39, 0.29) is 47.9 Å². The summed E-state index contributed by atoms with van der Waals surface area (Å²) in [5.74, 6) is -6.24. The van der Waals surface area contributed by atoms with Crippen molar-refractivity contribution >= 4 is 40.4 Å². The molecule has 0 radical (unpaired) electrons. The number of nitro groups is 1. The van der Waals surface area contributed by atoms with Gasteiger partial charge < -0.3 is 15.2 Å². The number of allylic oxidation sites excluding steroid dienone is 2. The lowest BCUT2D eigenvalue weighted by Gasteiger charge is -2.43. The van der Waals surface area contributed by atoms with Gasteiger partial charge in [0.1, 0.15) is 17.6 Å². The van der Waals surface area contributed by atoms with E-state index in [1.54, 1.807) is 26.0 Å². The molecule has 2 N–H and O–H groups in total. The van der Waals surface area contributed by atoms with Crippen LogP contribution in [0.4, 0.5) is 15.8 Å². The quantitative estimate of drug-likeness (QED) is 0.156. The van der Waals surface area contributed by atoms with Crippen LogP contribution in [0, 0.1) is 21.8 Å². The minimum absolute atomic E-state index is 0.00608. The minimum Gasteiger partial charge on any atom is -0.465 e. The molecule has 3 aromatic rings. The Morgan fingerprint density at radius 3 is 2.37 bits per heavy atom. The second kappa shape index (κ2) is 12.2. The summed E-state index contributed by atoms with van der Waals surface area (Å²) in [5, 5.41) is 13.2. The van der Waals surface area contributed by atoms with E-state index in [1.165, 1.54) is 58.7 Å². The fourth-order valence-electron chi connectivity index (χ4n) is 5.75. The third kappa shape index (κ3) is 5.29. The number of carbonyl (C=O) groups excluding carboxylic acids is 3. The van der Waals surface area contributed by atoms with Crippen molar-refractivity contribution in [1.29, 1.82) is 0 Å². The van der Waals surface area contributed by atoms with Gasteiger partial charge >= 0.3 is 11.9 Å². The van der Waals surface area contributed by atoms with Crippen molar-refractivity contribution in [3.05, 3.63) is 115 Å². The molecule has 0 bridgehead atoms. The zero-order valence-electron chi connectivity index (χ0n) is 23.3. The second-order valence-corrected chi connectivity index (χ2v) is 10.8. The van der Waals surface area contributed by atoms with E-state index in [2.05, 4.69) is 0 Å². The highest BCUT2D eigenvalue weighted by Gasteiger charge is 2.52. The number of nitrogens with zero attached hydrogens (tertiary/aromatic N) is 2. The van der Waals surface area contributed by atoms with Crippen molar-refractivity contribution in [2.45, 2.75) is 32.1 Å².